The summed E-state index contributed by atoms with van der Waals surface area (Å²) in [6.45, 7) is 0.340. The number of nitrogens with zero attached hydrogens (tertiary/aromatic N) is 2. The van der Waals surface area contributed by atoms with E-state index in [1.165, 1.54) is 0 Å². The summed E-state index contributed by atoms with van der Waals surface area (Å²) in [5, 5.41) is 10.2. The Morgan fingerprint density at radius 2 is 1.68 bits per heavy atom. The highest BCUT2D eigenvalue weighted by molar-refractivity contribution is 5.75. The Morgan fingerprint density at radius 1 is 1.05 bits per heavy atom. The first-order valence-corrected chi connectivity index (χ1v) is 7.17. The van der Waals surface area contributed by atoms with E-state index in [9.17, 15) is 9.90 Å². The number of ether oxygens (including phenoxy) is 1. The van der Waals surface area contributed by atoms with Gasteiger partial charge >= 0.3 is 5.69 Å². The van der Waals surface area contributed by atoms with Crippen LogP contribution in [0, 0.1) is 0 Å². The zero-order valence-electron chi connectivity index (χ0n) is 12.3. The lowest BCUT2D eigenvalue weighted by atomic mass is 10.3. The van der Waals surface area contributed by atoms with E-state index in [0.29, 0.717) is 5.75 Å². The van der Waals surface area contributed by atoms with Crippen molar-refractivity contribution < 1.29 is 9.84 Å². The minimum Gasteiger partial charge on any atom is -0.491 e. The van der Waals surface area contributed by atoms with E-state index in [2.05, 4.69) is 0 Å². The van der Waals surface area contributed by atoms with Gasteiger partial charge in [-0.15, -0.1) is 0 Å². The standard InChI is InChI=1S/C17H18N2O3/c1-18-15-9-5-6-10-16(15)19(17(18)21)11-13(20)12-22-14-7-3-2-4-8-14/h2-10,13,20H,11-12H2,1H3. The fourth-order valence-electron chi connectivity index (χ4n) is 2.51. The Labute approximate surface area is 128 Å². The molecule has 1 unspecified atom stereocenters. The van der Waals surface area contributed by atoms with Crippen LogP contribution >= 0.6 is 0 Å². The van der Waals surface area contributed by atoms with E-state index in [1.54, 1.807) is 16.2 Å². The highest BCUT2D eigenvalue weighted by Gasteiger charge is 2.14. The summed E-state index contributed by atoms with van der Waals surface area (Å²) in [6.07, 6.45) is -0.760. The number of rotatable bonds is 5. The Hall–Kier alpha value is -2.53. The van der Waals surface area contributed by atoms with Crippen LogP contribution in [0.3, 0.4) is 0 Å². The van der Waals surface area contributed by atoms with Crippen LogP contribution in [-0.2, 0) is 13.6 Å². The van der Waals surface area contributed by atoms with E-state index < -0.39 is 6.10 Å². The number of hydrogen-bond acceptors (Lipinski definition) is 3. The van der Waals surface area contributed by atoms with Gasteiger partial charge in [0.05, 0.1) is 17.6 Å². The molecule has 1 atom stereocenters. The third-order valence-electron chi connectivity index (χ3n) is 3.63. The van der Waals surface area contributed by atoms with Gasteiger partial charge in [-0.1, -0.05) is 30.3 Å². The molecule has 0 saturated carbocycles. The van der Waals surface area contributed by atoms with Crippen molar-refractivity contribution in [2.24, 2.45) is 7.05 Å². The SMILES string of the molecule is Cn1c(=O)n(CC(O)COc2ccccc2)c2ccccc21. The molecule has 1 N–H and O–H groups in total. The summed E-state index contributed by atoms with van der Waals surface area (Å²) in [4.78, 5) is 12.3. The average Bonchev–Trinajstić information content (AvgIpc) is 2.79. The van der Waals surface area contributed by atoms with Crippen LogP contribution in [0.2, 0.25) is 0 Å². The number of aliphatic hydroxyl groups excluding tert-OH is 1. The van der Waals surface area contributed by atoms with Gasteiger partial charge in [0, 0.05) is 7.05 Å². The highest BCUT2D eigenvalue weighted by Crippen LogP contribution is 2.13. The lowest BCUT2D eigenvalue weighted by molar-refractivity contribution is 0.0925. The summed E-state index contributed by atoms with van der Waals surface area (Å²) >= 11 is 0. The van der Waals surface area contributed by atoms with E-state index in [4.69, 9.17) is 4.74 Å². The minimum atomic E-state index is -0.760. The zero-order valence-corrected chi connectivity index (χ0v) is 12.3. The fraction of sp³-hybridized carbons (Fsp3) is 0.235. The van der Waals surface area contributed by atoms with E-state index in [1.807, 2.05) is 54.6 Å². The van der Waals surface area contributed by atoms with Gasteiger partial charge < -0.3 is 9.84 Å². The summed E-state index contributed by atoms with van der Waals surface area (Å²) in [7, 11) is 1.73. The quantitative estimate of drug-likeness (QED) is 0.781. The van der Waals surface area contributed by atoms with Crippen LogP contribution in [-0.4, -0.2) is 27.0 Å². The van der Waals surface area contributed by atoms with Gasteiger partial charge in [0.2, 0.25) is 0 Å². The van der Waals surface area contributed by atoms with Crippen molar-refractivity contribution in [1.29, 1.82) is 0 Å². The van der Waals surface area contributed by atoms with Crippen molar-refractivity contribution in [3.63, 3.8) is 0 Å². The molecule has 22 heavy (non-hydrogen) atoms. The summed E-state index contributed by atoms with van der Waals surface area (Å²) in [5.74, 6) is 0.701. The maximum atomic E-state index is 12.3. The molecule has 1 aromatic heterocycles. The molecule has 0 saturated heterocycles. The lowest BCUT2D eigenvalue weighted by Gasteiger charge is -2.13. The first-order valence-electron chi connectivity index (χ1n) is 7.17. The first-order chi connectivity index (χ1) is 10.7. The molecule has 0 radical (unpaired) electrons. The maximum Gasteiger partial charge on any atom is 0.328 e. The lowest BCUT2D eigenvalue weighted by Crippen LogP contribution is -2.30. The van der Waals surface area contributed by atoms with E-state index >= 15 is 0 Å². The van der Waals surface area contributed by atoms with Crippen molar-refractivity contribution in [3.05, 3.63) is 65.1 Å². The number of aromatic nitrogens is 2. The van der Waals surface area contributed by atoms with Gasteiger partial charge in [0.15, 0.2) is 0 Å². The molecule has 0 spiro atoms. The Morgan fingerprint density at radius 3 is 2.41 bits per heavy atom. The van der Waals surface area contributed by atoms with Crippen LogP contribution in [0.5, 0.6) is 5.75 Å². The summed E-state index contributed by atoms with van der Waals surface area (Å²) in [5.41, 5.74) is 1.53. The Bertz CT molecular complexity index is 821. The van der Waals surface area contributed by atoms with Gasteiger partial charge in [0.25, 0.3) is 0 Å². The molecule has 2 aromatic carbocycles. The third-order valence-corrected chi connectivity index (χ3v) is 3.63. The predicted molar refractivity (Wildman–Crippen MR) is 85.1 cm³/mol. The van der Waals surface area contributed by atoms with Crippen molar-refractivity contribution in [2.75, 3.05) is 6.61 Å². The molecule has 3 rings (SSSR count). The molecule has 0 aliphatic rings. The molecule has 3 aromatic rings. The van der Waals surface area contributed by atoms with Gasteiger partial charge in [-0.05, 0) is 24.3 Å². The van der Waals surface area contributed by atoms with E-state index in [0.717, 1.165) is 11.0 Å². The fourth-order valence-corrected chi connectivity index (χ4v) is 2.51. The maximum absolute atomic E-state index is 12.3. The molecular formula is C17H18N2O3. The molecule has 0 amide bonds. The third kappa shape index (κ3) is 2.76. The predicted octanol–water partition coefficient (Wildman–Crippen LogP) is 1.78. The number of aliphatic hydroxyl groups is 1. The van der Waals surface area contributed by atoms with Gasteiger partial charge in [0.1, 0.15) is 18.5 Å². The van der Waals surface area contributed by atoms with Crippen molar-refractivity contribution >= 4 is 11.0 Å². The number of para-hydroxylation sites is 3. The van der Waals surface area contributed by atoms with Crippen LogP contribution < -0.4 is 10.4 Å². The Kier molecular flexibility index (Phi) is 3.98. The second-order valence-corrected chi connectivity index (χ2v) is 5.22. The molecule has 114 valence electrons. The van der Waals surface area contributed by atoms with E-state index in [-0.39, 0.29) is 18.8 Å². The Balaban J connectivity index is 1.76. The molecule has 0 bridgehead atoms. The number of aryl methyl sites for hydroxylation is 1. The second-order valence-electron chi connectivity index (χ2n) is 5.22. The molecular weight excluding hydrogens is 280 g/mol. The highest BCUT2D eigenvalue weighted by atomic mass is 16.5. The van der Waals surface area contributed by atoms with Crippen molar-refractivity contribution in [2.45, 2.75) is 12.6 Å². The van der Waals surface area contributed by atoms with Crippen molar-refractivity contribution in [3.8, 4) is 5.75 Å². The second kappa shape index (κ2) is 6.07. The van der Waals surface area contributed by atoms with Gasteiger partial charge in [-0.2, -0.15) is 0 Å². The number of imidazole rings is 1. The van der Waals surface area contributed by atoms with Crippen LogP contribution in [0.15, 0.2) is 59.4 Å². The molecule has 5 nitrogen and oxygen atoms in total. The number of benzene rings is 2. The minimum absolute atomic E-state index is 0.139. The summed E-state index contributed by atoms with van der Waals surface area (Å²) < 4.78 is 8.69. The van der Waals surface area contributed by atoms with Crippen LogP contribution in [0.4, 0.5) is 0 Å². The molecule has 5 heteroatoms. The molecule has 1 heterocycles. The monoisotopic (exact) mass is 298 g/mol. The smallest absolute Gasteiger partial charge is 0.328 e. The van der Waals surface area contributed by atoms with Crippen molar-refractivity contribution in [1.82, 2.24) is 9.13 Å². The van der Waals surface area contributed by atoms with Gasteiger partial charge in [-0.3, -0.25) is 9.13 Å². The molecule has 0 aliphatic carbocycles. The largest absolute Gasteiger partial charge is 0.491 e. The molecule has 0 fully saturated rings. The average molecular weight is 298 g/mol. The first kappa shape index (κ1) is 14.4. The number of hydrogen-bond donors (Lipinski definition) is 1. The zero-order chi connectivity index (χ0) is 15.5. The van der Waals surface area contributed by atoms with Crippen LogP contribution in [0.25, 0.3) is 11.0 Å². The van der Waals surface area contributed by atoms with Gasteiger partial charge in [-0.25, -0.2) is 4.79 Å². The normalized spacial score (nSPS) is 12.5. The summed E-state index contributed by atoms with van der Waals surface area (Å²) in [6, 6.07) is 16.8. The number of fused-ring (bicyclic) bond motifs is 1. The van der Waals surface area contributed by atoms with Crippen LogP contribution in [0.1, 0.15) is 0 Å². The topological polar surface area (TPSA) is 56.4 Å². The molecule has 0 aliphatic heterocycles.